The minimum absolute atomic E-state index is 0.130. The summed E-state index contributed by atoms with van der Waals surface area (Å²) < 4.78 is 0. The molecule has 1 aromatic rings. The Bertz CT molecular complexity index is 734. The summed E-state index contributed by atoms with van der Waals surface area (Å²) >= 11 is 5.85. The SMILES string of the molecule is O=C1[C@@H]2[C@H]3C=C[C@@H]([C@@H]4C[C@H]34)[C@@H]2C(=O)N1N=Cc1ccc(Cl)cc1. The summed E-state index contributed by atoms with van der Waals surface area (Å²) in [6.07, 6.45) is 7.05. The summed E-state index contributed by atoms with van der Waals surface area (Å²) in [6, 6.07) is 7.14. The summed E-state index contributed by atoms with van der Waals surface area (Å²) in [5, 5.41) is 5.93. The summed E-state index contributed by atoms with van der Waals surface area (Å²) in [7, 11) is 0. The van der Waals surface area contributed by atoms with Crippen LogP contribution in [-0.2, 0) is 9.59 Å². The van der Waals surface area contributed by atoms with E-state index in [0.717, 1.165) is 10.6 Å². The van der Waals surface area contributed by atoms with Gasteiger partial charge in [-0.3, -0.25) is 9.59 Å². The molecule has 2 bridgehead atoms. The van der Waals surface area contributed by atoms with Gasteiger partial charge in [-0.15, -0.1) is 0 Å². The van der Waals surface area contributed by atoms with Crippen LogP contribution in [0.4, 0.5) is 0 Å². The molecule has 5 heteroatoms. The number of imide groups is 1. The maximum Gasteiger partial charge on any atom is 0.254 e. The average Bonchev–Trinajstić information content (AvgIpc) is 3.33. The third-order valence-electron chi connectivity index (χ3n) is 5.83. The Kier molecular flexibility index (Phi) is 2.66. The summed E-state index contributed by atoms with van der Waals surface area (Å²) in [5.74, 6) is 1.06. The minimum atomic E-state index is -0.191. The number of carbonyl (C=O) groups excluding carboxylic acids is 2. The smallest absolute Gasteiger partial charge is 0.254 e. The maximum absolute atomic E-state index is 12.7. The Balaban J connectivity index is 1.44. The number of nitrogens with zero attached hydrogens (tertiary/aromatic N) is 2. The number of rotatable bonds is 2. The van der Waals surface area contributed by atoms with E-state index < -0.39 is 0 Å². The molecule has 1 aromatic carbocycles. The van der Waals surface area contributed by atoms with Gasteiger partial charge in [-0.1, -0.05) is 35.9 Å². The van der Waals surface area contributed by atoms with Crippen molar-refractivity contribution in [2.75, 3.05) is 0 Å². The van der Waals surface area contributed by atoms with Crippen LogP contribution in [0.1, 0.15) is 12.0 Å². The second kappa shape index (κ2) is 4.54. The van der Waals surface area contributed by atoms with Crippen molar-refractivity contribution in [1.82, 2.24) is 5.01 Å². The third kappa shape index (κ3) is 1.81. The summed E-state index contributed by atoms with van der Waals surface area (Å²) in [6.45, 7) is 0. The Hall–Kier alpha value is -1.94. The van der Waals surface area contributed by atoms with E-state index in [-0.39, 0.29) is 35.5 Å². The Labute approximate surface area is 138 Å². The lowest BCUT2D eigenvalue weighted by Crippen LogP contribution is -2.40. The monoisotopic (exact) mass is 326 g/mol. The number of hydrazone groups is 1. The van der Waals surface area contributed by atoms with Gasteiger partial charge in [0.05, 0.1) is 18.1 Å². The zero-order valence-corrected chi connectivity index (χ0v) is 13.1. The highest BCUT2D eigenvalue weighted by atomic mass is 35.5. The van der Waals surface area contributed by atoms with E-state index in [1.165, 1.54) is 6.42 Å². The van der Waals surface area contributed by atoms with Crippen molar-refractivity contribution in [2.45, 2.75) is 6.42 Å². The van der Waals surface area contributed by atoms with Crippen LogP contribution in [0.15, 0.2) is 41.5 Å². The van der Waals surface area contributed by atoms with Gasteiger partial charge in [-0.2, -0.15) is 10.1 Å². The van der Waals surface area contributed by atoms with E-state index in [0.29, 0.717) is 16.9 Å². The van der Waals surface area contributed by atoms with Crippen molar-refractivity contribution in [2.24, 2.45) is 40.6 Å². The lowest BCUT2D eigenvalue weighted by atomic mass is 9.63. The zero-order valence-electron chi connectivity index (χ0n) is 12.3. The molecule has 116 valence electrons. The molecule has 23 heavy (non-hydrogen) atoms. The van der Waals surface area contributed by atoms with Gasteiger partial charge >= 0.3 is 0 Å². The maximum atomic E-state index is 12.7. The van der Waals surface area contributed by atoms with E-state index in [4.69, 9.17) is 11.6 Å². The highest BCUT2D eigenvalue weighted by Gasteiger charge is 2.67. The lowest BCUT2D eigenvalue weighted by molar-refractivity contribution is -0.140. The van der Waals surface area contributed by atoms with E-state index in [1.54, 1.807) is 18.3 Å². The fourth-order valence-electron chi connectivity index (χ4n) is 4.73. The van der Waals surface area contributed by atoms with E-state index >= 15 is 0 Å². The molecule has 5 aliphatic rings. The van der Waals surface area contributed by atoms with Gasteiger partial charge in [-0.05, 0) is 47.8 Å². The molecule has 6 rings (SSSR count). The van der Waals surface area contributed by atoms with Crippen LogP contribution in [0, 0.1) is 35.5 Å². The largest absolute Gasteiger partial charge is 0.272 e. The van der Waals surface area contributed by atoms with Crippen molar-refractivity contribution in [3.63, 3.8) is 0 Å². The van der Waals surface area contributed by atoms with Crippen LogP contribution in [0.3, 0.4) is 0 Å². The molecular formula is C18H15ClN2O2. The van der Waals surface area contributed by atoms with Crippen molar-refractivity contribution < 1.29 is 9.59 Å². The molecule has 2 saturated carbocycles. The molecule has 0 unspecified atom stereocenters. The van der Waals surface area contributed by atoms with Gasteiger partial charge < -0.3 is 0 Å². The third-order valence-corrected chi connectivity index (χ3v) is 6.08. The quantitative estimate of drug-likeness (QED) is 0.476. The van der Waals surface area contributed by atoms with Crippen LogP contribution in [0.25, 0.3) is 0 Å². The highest BCUT2D eigenvalue weighted by Crippen LogP contribution is 2.65. The van der Waals surface area contributed by atoms with Crippen LogP contribution in [-0.4, -0.2) is 23.0 Å². The number of amides is 2. The van der Waals surface area contributed by atoms with Gasteiger partial charge in [-0.25, -0.2) is 0 Å². The van der Waals surface area contributed by atoms with Crippen molar-refractivity contribution in [3.05, 3.63) is 47.0 Å². The van der Waals surface area contributed by atoms with Crippen LogP contribution in [0.5, 0.6) is 0 Å². The number of hydrogen-bond donors (Lipinski definition) is 0. The Morgan fingerprint density at radius 1 is 1.00 bits per heavy atom. The first kappa shape index (κ1) is 13.5. The molecule has 0 radical (unpaired) electrons. The molecule has 1 aliphatic heterocycles. The Morgan fingerprint density at radius 3 is 2.13 bits per heavy atom. The first-order chi connectivity index (χ1) is 11.1. The predicted molar refractivity (Wildman–Crippen MR) is 85.6 cm³/mol. The molecule has 0 aromatic heterocycles. The first-order valence-corrected chi connectivity index (χ1v) is 8.38. The van der Waals surface area contributed by atoms with E-state index in [2.05, 4.69) is 17.3 Å². The molecule has 6 atom stereocenters. The zero-order chi connectivity index (χ0) is 15.7. The number of carbonyl (C=O) groups is 2. The predicted octanol–water partition coefficient (Wildman–Crippen LogP) is 2.73. The number of halogens is 1. The van der Waals surface area contributed by atoms with E-state index in [1.807, 2.05) is 12.1 Å². The van der Waals surface area contributed by atoms with Gasteiger partial charge in [0.2, 0.25) is 0 Å². The average molecular weight is 327 g/mol. The van der Waals surface area contributed by atoms with Gasteiger partial charge in [0.1, 0.15) is 0 Å². The Morgan fingerprint density at radius 2 is 1.57 bits per heavy atom. The van der Waals surface area contributed by atoms with Crippen molar-refractivity contribution in [3.8, 4) is 0 Å². The lowest BCUT2D eigenvalue weighted by Gasteiger charge is -2.37. The molecule has 3 fully saturated rings. The van der Waals surface area contributed by atoms with E-state index in [9.17, 15) is 9.59 Å². The molecular weight excluding hydrogens is 312 g/mol. The van der Waals surface area contributed by atoms with Crippen LogP contribution < -0.4 is 0 Å². The van der Waals surface area contributed by atoms with Crippen LogP contribution >= 0.6 is 11.6 Å². The normalized spacial score (nSPS) is 40.0. The molecule has 1 saturated heterocycles. The molecule has 4 aliphatic carbocycles. The topological polar surface area (TPSA) is 49.7 Å². The molecule has 1 heterocycles. The second-order valence-electron chi connectivity index (χ2n) is 6.94. The molecule has 0 spiro atoms. The van der Waals surface area contributed by atoms with Gasteiger partial charge in [0.25, 0.3) is 11.8 Å². The minimum Gasteiger partial charge on any atom is -0.272 e. The first-order valence-electron chi connectivity index (χ1n) is 8.01. The van der Waals surface area contributed by atoms with Crippen LogP contribution in [0.2, 0.25) is 5.02 Å². The van der Waals surface area contributed by atoms with Gasteiger partial charge in [0.15, 0.2) is 0 Å². The summed E-state index contributed by atoms with van der Waals surface area (Å²) in [4.78, 5) is 25.4. The fourth-order valence-corrected chi connectivity index (χ4v) is 4.85. The highest BCUT2D eigenvalue weighted by molar-refractivity contribution is 6.30. The van der Waals surface area contributed by atoms with Crippen molar-refractivity contribution >= 4 is 29.6 Å². The number of benzene rings is 1. The van der Waals surface area contributed by atoms with Gasteiger partial charge in [0, 0.05) is 5.02 Å². The fraction of sp³-hybridized carbons (Fsp3) is 0.389. The standard InChI is InChI=1S/C18H15ClN2O2/c19-10-3-1-9(2-4-10)8-20-21-17(22)15-11-5-6-12(14-7-13(11)14)16(15)18(21)23/h1-6,8,11-16H,7H2/t11-,12-,13-,14+,15-,16+/m0/s1. The van der Waals surface area contributed by atoms with Crippen molar-refractivity contribution in [1.29, 1.82) is 0 Å². The second-order valence-corrected chi connectivity index (χ2v) is 7.38. The molecule has 4 nitrogen and oxygen atoms in total. The molecule has 0 N–H and O–H groups in total. The number of allylic oxidation sites excluding steroid dienone is 2. The summed E-state index contributed by atoms with van der Waals surface area (Å²) in [5.41, 5.74) is 0.814. The molecule has 2 amide bonds. The number of hydrogen-bond acceptors (Lipinski definition) is 3.